The van der Waals surface area contributed by atoms with Crippen molar-refractivity contribution in [1.29, 1.82) is 0 Å². The number of likely N-dealkylation sites (tertiary alicyclic amines) is 1. The van der Waals surface area contributed by atoms with Crippen LogP contribution in [0, 0.1) is 6.92 Å². The molecule has 2 rings (SSSR count). The van der Waals surface area contributed by atoms with Crippen molar-refractivity contribution in [3.63, 3.8) is 0 Å². The van der Waals surface area contributed by atoms with Gasteiger partial charge in [-0.15, -0.1) is 0 Å². The highest BCUT2D eigenvalue weighted by atomic mass is 16.5. The van der Waals surface area contributed by atoms with Gasteiger partial charge in [0.25, 0.3) is 0 Å². The van der Waals surface area contributed by atoms with E-state index < -0.39 is 5.97 Å². The van der Waals surface area contributed by atoms with Crippen molar-refractivity contribution in [1.82, 2.24) is 10.2 Å². The van der Waals surface area contributed by atoms with E-state index in [2.05, 4.69) is 10.2 Å². The zero-order valence-corrected chi connectivity index (χ0v) is 12.6. The molecule has 0 saturated carbocycles. The smallest absolute Gasteiger partial charge is 0.374 e. The second kappa shape index (κ2) is 6.90. The van der Waals surface area contributed by atoms with Gasteiger partial charge in [0.1, 0.15) is 5.76 Å². The highest BCUT2D eigenvalue weighted by Crippen LogP contribution is 2.22. The fourth-order valence-corrected chi connectivity index (χ4v) is 2.86. The predicted molar refractivity (Wildman–Crippen MR) is 76.8 cm³/mol. The van der Waals surface area contributed by atoms with Crippen LogP contribution in [0.25, 0.3) is 0 Å². The van der Waals surface area contributed by atoms with Gasteiger partial charge in [-0.25, -0.2) is 4.79 Å². The number of hydrogen-bond acceptors (Lipinski definition) is 5. The van der Waals surface area contributed by atoms with Gasteiger partial charge in [-0.1, -0.05) is 6.42 Å². The van der Waals surface area contributed by atoms with E-state index in [0.29, 0.717) is 11.8 Å². The summed E-state index contributed by atoms with van der Waals surface area (Å²) in [4.78, 5) is 14.0. The third-order valence-electron chi connectivity index (χ3n) is 3.89. The van der Waals surface area contributed by atoms with Gasteiger partial charge in [0.05, 0.1) is 13.7 Å². The summed E-state index contributed by atoms with van der Waals surface area (Å²) < 4.78 is 10.4. The Labute approximate surface area is 120 Å². The van der Waals surface area contributed by atoms with Crippen LogP contribution in [-0.4, -0.2) is 44.2 Å². The molecule has 0 radical (unpaired) electrons. The molecule has 2 heterocycles. The van der Waals surface area contributed by atoms with Crippen LogP contribution in [0.15, 0.2) is 10.5 Å². The second-order valence-electron chi connectivity index (χ2n) is 5.39. The first-order chi connectivity index (χ1) is 9.65. The van der Waals surface area contributed by atoms with E-state index in [9.17, 15) is 4.79 Å². The van der Waals surface area contributed by atoms with E-state index in [4.69, 9.17) is 9.15 Å². The fraction of sp³-hybridized carbons (Fsp3) is 0.667. The van der Waals surface area contributed by atoms with E-state index in [0.717, 1.165) is 31.0 Å². The van der Waals surface area contributed by atoms with Gasteiger partial charge >= 0.3 is 5.97 Å². The molecule has 1 fully saturated rings. The molecule has 20 heavy (non-hydrogen) atoms. The van der Waals surface area contributed by atoms with Gasteiger partial charge in [0, 0.05) is 18.2 Å². The highest BCUT2D eigenvalue weighted by molar-refractivity contribution is 5.87. The van der Waals surface area contributed by atoms with Gasteiger partial charge in [0.2, 0.25) is 5.76 Å². The minimum atomic E-state index is -0.404. The summed E-state index contributed by atoms with van der Waals surface area (Å²) in [6, 6.07) is 2.48. The molecule has 1 aromatic heterocycles. The molecule has 1 unspecified atom stereocenters. The zero-order valence-electron chi connectivity index (χ0n) is 12.6. The van der Waals surface area contributed by atoms with Gasteiger partial charge in [-0.05, 0) is 39.4 Å². The van der Waals surface area contributed by atoms with E-state index in [1.807, 2.05) is 20.0 Å². The molecule has 1 aliphatic heterocycles. The number of nitrogens with zero attached hydrogens (tertiary/aromatic N) is 1. The molecule has 1 atom stereocenters. The topological polar surface area (TPSA) is 54.7 Å². The standard InChI is InChI=1S/C15H24N2O3/c1-11-8-13(20-14(11)15(18)19-3)10-17-7-5-4-6-12(17)9-16-2/h8,12,16H,4-7,9-10H2,1-3H3. The molecule has 0 aliphatic carbocycles. The number of carbonyl (C=O) groups excluding carboxylic acids is 1. The molecule has 0 bridgehead atoms. The van der Waals surface area contributed by atoms with E-state index in [1.165, 1.54) is 26.4 Å². The van der Waals surface area contributed by atoms with Crippen LogP contribution in [0.1, 0.15) is 41.1 Å². The average molecular weight is 280 g/mol. The quantitative estimate of drug-likeness (QED) is 0.835. The van der Waals surface area contributed by atoms with Crippen LogP contribution in [0.2, 0.25) is 0 Å². The monoisotopic (exact) mass is 280 g/mol. The van der Waals surface area contributed by atoms with Crippen molar-refractivity contribution in [2.75, 3.05) is 27.2 Å². The lowest BCUT2D eigenvalue weighted by Crippen LogP contribution is -2.44. The third kappa shape index (κ3) is 3.41. The number of piperidine rings is 1. The predicted octanol–water partition coefficient (Wildman–Crippen LogP) is 1.95. The Morgan fingerprint density at radius 2 is 2.35 bits per heavy atom. The lowest BCUT2D eigenvalue weighted by molar-refractivity contribution is 0.0557. The minimum Gasteiger partial charge on any atom is -0.463 e. The van der Waals surface area contributed by atoms with Crippen LogP contribution in [0.3, 0.4) is 0 Å². The maximum absolute atomic E-state index is 11.6. The summed E-state index contributed by atoms with van der Waals surface area (Å²) >= 11 is 0. The number of aryl methyl sites for hydroxylation is 1. The number of carbonyl (C=O) groups is 1. The summed E-state index contributed by atoms with van der Waals surface area (Å²) in [7, 11) is 3.36. The molecular formula is C15H24N2O3. The number of hydrogen-bond donors (Lipinski definition) is 1. The van der Waals surface area contributed by atoms with Crippen molar-refractivity contribution in [3.05, 3.63) is 23.2 Å². The summed E-state index contributed by atoms with van der Waals surface area (Å²) in [5.41, 5.74) is 0.842. The molecule has 0 spiro atoms. The van der Waals surface area contributed by atoms with Crippen molar-refractivity contribution in [2.24, 2.45) is 0 Å². The Morgan fingerprint density at radius 1 is 1.55 bits per heavy atom. The number of methoxy groups -OCH3 is 1. The highest BCUT2D eigenvalue weighted by Gasteiger charge is 2.24. The first-order valence-electron chi connectivity index (χ1n) is 7.22. The number of ether oxygens (including phenoxy) is 1. The minimum absolute atomic E-state index is 0.324. The summed E-state index contributed by atoms with van der Waals surface area (Å²) in [5, 5.41) is 3.25. The summed E-state index contributed by atoms with van der Waals surface area (Å²) in [5.74, 6) is 0.759. The van der Waals surface area contributed by atoms with Crippen molar-refractivity contribution >= 4 is 5.97 Å². The summed E-state index contributed by atoms with van der Waals surface area (Å²) in [6.07, 6.45) is 3.72. The Hall–Kier alpha value is -1.33. The normalized spacial score (nSPS) is 20.1. The first kappa shape index (κ1) is 15.1. The van der Waals surface area contributed by atoms with E-state index in [-0.39, 0.29) is 0 Å². The van der Waals surface area contributed by atoms with E-state index >= 15 is 0 Å². The molecular weight excluding hydrogens is 256 g/mol. The van der Waals surface area contributed by atoms with Gasteiger partial charge < -0.3 is 14.5 Å². The summed E-state index contributed by atoms with van der Waals surface area (Å²) in [6.45, 7) is 4.70. The second-order valence-corrected chi connectivity index (χ2v) is 5.39. The number of likely N-dealkylation sites (N-methyl/N-ethyl adjacent to an activating group) is 1. The Kier molecular flexibility index (Phi) is 5.20. The lowest BCUT2D eigenvalue weighted by Gasteiger charge is -2.35. The Bertz CT molecular complexity index is 454. The third-order valence-corrected chi connectivity index (χ3v) is 3.89. The molecule has 1 N–H and O–H groups in total. The first-order valence-corrected chi connectivity index (χ1v) is 7.22. The molecule has 0 aromatic carbocycles. The molecule has 0 amide bonds. The number of esters is 1. The van der Waals surface area contributed by atoms with Crippen molar-refractivity contribution in [3.8, 4) is 0 Å². The average Bonchev–Trinajstić information content (AvgIpc) is 2.81. The van der Waals surface area contributed by atoms with Crippen LogP contribution < -0.4 is 5.32 Å². The molecule has 1 aliphatic rings. The molecule has 1 saturated heterocycles. The number of furan rings is 1. The van der Waals surface area contributed by atoms with E-state index in [1.54, 1.807) is 0 Å². The fourth-order valence-electron chi connectivity index (χ4n) is 2.86. The maximum atomic E-state index is 11.6. The van der Waals surface area contributed by atoms with Crippen LogP contribution in [-0.2, 0) is 11.3 Å². The Morgan fingerprint density at radius 3 is 3.05 bits per heavy atom. The van der Waals surface area contributed by atoms with Crippen LogP contribution in [0.5, 0.6) is 0 Å². The molecule has 1 aromatic rings. The van der Waals surface area contributed by atoms with Crippen molar-refractivity contribution < 1.29 is 13.9 Å². The van der Waals surface area contributed by atoms with Crippen LogP contribution >= 0.6 is 0 Å². The largest absolute Gasteiger partial charge is 0.463 e. The van der Waals surface area contributed by atoms with Crippen LogP contribution in [0.4, 0.5) is 0 Å². The molecule has 5 nitrogen and oxygen atoms in total. The van der Waals surface area contributed by atoms with Gasteiger partial charge in [-0.3, -0.25) is 4.90 Å². The number of rotatable bonds is 5. The van der Waals surface area contributed by atoms with Gasteiger partial charge in [-0.2, -0.15) is 0 Å². The maximum Gasteiger partial charge on any atom is 0.374 e. The molecule has 5 heteroatoms. The van der Waals surface area contributed by atoms with Gasteiger partial charge in [0.15, 0.2) is 0 Å². The lowest BCUT2D eigenvalue weighted by atomic mass is 10.0. The zero-order chi connectivity index (χ0) is 14.5. The Balaban J connectivity index is 2.06. The molecule has 112 valence electrons. The van der Waals surface area contributed by atoms with Crippen molar-refractivity contribution in [2.45, 2.75) is 38.8 Å². The SMILES string of the molecule is CNCC1CCCCN1Cc1cc(C)c(C(=O)OC)o1. The number of nitrogens with one attached hydrogen (secondary N) is 1.